The van der Waals surface area contributed by atoms with Crippen molar-refractivity contribution in [2.24, 2.45) is 5.92 Å². The molecule has 0 aromatic rings. The average molecular weight is 187 g/mol. The maximum atomic E-state index is 10.1. The maximum Gasteiger partial charge on any atom is 0.0769 e. The van der Waals surface area contributed by atoms with Crippen LogP contribution < -0.4 is 5.32 Å². The molecule has 0 fully saturated rings. The Bertz CT molecular complexity index is 147. The summed E-state index contributed by atoms with van der Waals surface area (Å²) < 4.78 is 0. The highest BCUT2D eigenvalue weighted by molar-refractivity contribution is 4.84. The molecule has 0 saturated heterocycles. The first-order valence-electron chi connectivity index (χ1n) is 5.16. The van der Waals surface area contributed by atoms with Gasteiger partial charge < -0.3 is 10.4 Å². The van der Waals surface area contributed by atoms with Gasteiger partial charge in [0.25, 0.3) is 0 Å². The molecule has 2 atom stereocenters. The summed E-state index contributed by atoms with van der Waals surface area (Å²) in [6, 6.07) is 0. The van der Waals surface area contributed by atoms with Crippen molar-refractivity contribution in [3.05, 3.63) is 0 Å². The van der Waals surface area contributed by atoms with Gasteiger partial charge in [-0.15, -0.1) is 0 Å². The van der Waals surface area contributed by atoms with Crippen molar-refractivity contribution in [2.45, 2.75) is 59.1 Å². The van der Waals surface area contributed by atoms with Crippen molar-refractivity contribution in [1.82, 2.24) is 5.32 Å². The average Bonchev–Trinajstić information content (AvgIpc) is 1.98. The molecule has 0 radical (unpaired) electrons. The second-order valence-electron chi connectivity index (χ2n) is 5.27. The fourth-order valence-electron chi connectivity index (χ4n) is 1.06. The van der Waals surface area contributed by atoms with E-state index in [-0.39, 0.29) is 5.54 Å². The largest absolute Gasteiger partial charge is 0.389 e. The summed E-state index contributed by atoms with van der Waals surface area (Å²) in [6.45, 7) is 13.1. The standard InChI is InChI=1S/C11H25NO/c1-7-9(2)11(6,13)8-12-10(3,4)5/h9,12-13H,7-8H2,1-6H3. The Hall–Kier alpha value is -0.0800. The first-order valence-corrected chi connectivity index (χ1v) is 5.16. The topological polar surface area (TPSA) is 32.3 Å². The highest BCUT2D eigenvalue weighted by Crippen LogP contribution is 2.19. The SMILES string of the molecule is CCC(C)C(C)(O)CNC(C)(C)C. The molecule has 0 saturated carbocycles. The van der Waals surface area contributed by atoms with Gasteiger partial charge in [0.1, 0.15) is 0 Å². The molecule has 0 heterocycles. The fraction of sp³-hybridized carbons (Fsp3) is 1.00. The highest BCUT2D eigenvalue weighted by atomic mass is 16.3. The molecule has 0 rings (SSSR count). The Morgan fingerprint density at radius 1 is 1.23 bits per heavy atom. The Morgan fingerprint density at radius 2 is 1.69 bits per heavy atom. The lowest BCUT2D eigenvalue weighted by atomic mass is 9.88. The van der Waals surface area contributed by atoms with Crippen LogP contribution in [0.15, 0.2) is 0 Å². The summed E-state index contributed by atoms with van der Waals surface area (Å²) in [6.07, 6.45) is 1.01. The van der Waals surface area contributed by atoms with Gasteiger partial charge in [0.2, 0.25) is 0 Å². The van der Waals surface area contributed by atoms with E-state index in [4.69, 9.17) is 0 Å². The van der Waals surface area contributed by atoms with E-state index in [9.17, 15) is 5.11 Å². The summed E-state index contributed by atoms with van der Waals surface area (Å²) in [7, 11) is 0. The van der Waals surface area contributed by atoms with Crippen molar-refractivity contribution in [3.63, 3.8) is 0 Å². The number of nitrogens with one attached hydrogen (secondary N) is 1. The number of rotatable bonds is 4. The molecule has 0 bridgehead atoms. The Morgan fingerprint density at radius 3 is 2.00 bits per heavy atom. The van der Waals surface area contributed by atoms with Crippen LogP contribution in [0, 0.1) is 5.92 Å². The third-order valence-corrected chi connectivity index (χ3v) is 2.65. The van der Waals surface area contributed by atoms with E-state index in [2.05, 4.69) is 39.9 Å². The zero-order chi connectivity index (χ0) is 10.7. The minimum Gasteiger partial charge on any atom is -0.389 e. The minimum absolute atomic E-state index is 0.0808. The third kappa shape index (κ3) is 5.27. The first-order chi connectivity index (χ1) is 5.69. The van der Waals surface area contributed by atoms with Gasteiger partial charge in [-0.3, -0.25) is 0 Å². The summed E-state index contributed by atoms with van der Waals surface area (Å²) in [5.74, 6) is 0.336. The van der Waals surface area contributed by atoms with E-state index >= 15 is 0 Å². The lowest BCUT2D eigenvalue weighted by Crippen LogP contribution is -2.49. The van der Waals surface area contributed by atoms with Gasteiger partial charge in [-0.05, 0) is 33.6 Å². The van der Waals surface area contributed by atoms with E-state index in [1.54, 1.807) is 0 Å². The number of aliphatic hydroxyl groups is 1. The molecule has 2 unspecified atom stereocenters. The molecule has 2 nitrogen and oxygen atoms in total. The normalized spacial score (nSPS) is 19.6. The monoisotopic (exact) mass is 187 g/mol. The van der Waals surface area contributed by atoms with Crippen molar-refractivity contribution in [1.29, 1.82) is 0 Å². The summed E-state index contributed by atoms with van der Waals surface area (Å²) >= 11 is 0. The van der Waals surface area contributed by atoms with Gasteiger partial charge in [-0.2, -0.15) is 0 Å². The maximum absolute atomic E-state index is 10.1. The molecule has 80 valence electrons. The molecule has 0 aromatic heterocycles. The van der Waals surface area contributed by atoms with Crippen LogP contribution in [0.4, 0.5) is 0 Å². The molecule has 0 aliphatic rings. The minimum atomic E-state index is -0.595. The summed E-state index contributed by atoms with van der Waals surface area (Å²) in [5.41, 5.74) is -0.514. The van der Waals surface area contributed by atoms with Crippen LogP contribution in [-0.4, -0.2) is 22.8 Å². The van der Waals surface area contributed by atoms with Gasteiger partial charge in [0.15, 0.2) is 0 Å². The predicted molar refractivity (Wildman–Crippen MR) is 57.8 cm³/mol. The van der Waals surface area contributed by atoms with Crippen LogP contribution in [0.1, 0.15) is 48.0 Å². The Labute approximate surface area is 82.7 Å². The van der Waals surface area contributed by atoms with E-state index in [0.717, 1.165) is 6.42 Å². The van der Waals surface area contributed by atoms with Crippen LogP contribution in [0.5, 0.6) is 0 Å². The zero-order valence-corrected chi connectivity index (χ0v) is 9.94. The fourth-order valence-corrected chi connectivity index (χ4v) is 1.06. The highest BCUT2D eigenvalue weighted by Gasteiger charge is 2.28. The van der Waals surface area contributed by atoms with Gasteiger partial charge >= 0.3 is 0 Å². The second-order valence-corrected chi connectivity index (χ2v) is 5.27. The molecular formula is C11H25NO. The molecule has 13 heavy (non-hydrogen) atoms. The Kier molecular flexibility index (Phi) is 4.40. The van der Waals surface area contributed by atoms with Crippen molar-refractivity contribution >= 4 is 0 Å². The zero-order valence-electron chi connectivity index (χ0n) is 9.94. The molecule has 0 aliphatic carbocycles. The number of hydrogen-bond acceptors (Lipinski definition) is 2. The van der Waals surface area contributed by atoms with E-state index in [0.29, 0.717) is 12.5 Å². The molecule has 0 amide bonds. The van der Waals surface area contributed by atoms with Gasteiger partial charge in [0.05, 0.1) is 5.60 Å². The number of hydrogen-bond donors (Lipinski definition) is 2. The molecule has 0 spiro atoms. The van der Waals surface area contributed by atoms with E-state index in [1.165, 1.54) is 0 Å². The van der Waals surface area contributed by atoms with Crippen molar-refractivity contribution in [2.75, 3.05) is 6.54 Å². The molecule has 2 N–H and O–H groups in total. The van der Waals surface area contributed by atoms with Crippen LogP contribution in [-0.2, 0) is 0 Å². The molecule has 0 aliphatic heterocycles. The predicted octanol–water partition coefficient (Wildman–Crippen LogP) is 2.17. The van der Waals surface area contributed by atoms with Gasteiger partial charge in [-0.25, -0.2) is 0 Å². The quantitative estimate of drug-likeness (QED) is 0.707. The lowest BCUT2D eigenvalue weighted by Gasteiger charge is -2.33. The summed E-state index contributed by atoms with van der Waals surface area (Å²) in [5, 5.41) is 13.4. The van der Waals surface area contributed by atoms with Crippen LogP contribution in [0.3, 0.4) is 0 Å². The smallest absolute Gasteiger partial charge is 0.0769 e. The molecule has 2 heteroatoms. The third-order valence-electron chi connectivity index (χ3n) is 2.65. The molecular weight excluding hydrogens is 162 g/mol. The van der Waals surface area contributed by atoms with E-state index < -0.39 is 5.60 Å². The van der Waals surface area contributed by atoms with Crippen LogP contribution in [0.2, 0.25) is 0 Å². The van der Waals surface area contributed by atoms with E-state index in [1.807, 2.05) is 6.92 Å². The van der Waals surface area contributed by atoms with Crippen LogP contribution >= 0.6 is 0 Å². The van der Waals surface area contributed by atoms with Crippen molar-refractivity contribution in [3.8, 4) is 0 Å². The number of β-amino-alcohol motifs (C(OH)–C–C–N with tert-alkyl or cyclic N) is 1. The Balaban J connectivity index is 4.03. The first kappa shape index (κ1) is 12.9. The van der Waals surface area contributed by atoms with Crippen LogP contribution in [0.25, 0.3) is 0 Å². The summed E-state index contributed by atoms with van der Waals surface area (Å²) in [4.78, 5) is 0. The van der Waals surface area contributed by atoms with Gasteiger partial charge in [0, 0.05) is 12.1 Å². The second kappa shape index (κ2) is 4.43. The molecule has 0 aromatic carbocycles. The van der Waals surface area contributed by atoms with Gasteiger partial charge in [-0.1, -0.05) is 20.3 Å². The lowest BCUT2D eigenvalue weighted by molar-refractivity contribution is 0.000714. The van der Waals surface area contributed by atoms with Crippen molar-refractivity contribution < 1.29 is 5.11 Å².